The molecule has 0 radical (unpaired) electrons. The van der Waals surface area contributed by atoms with E-state index in [1.807, 2.05) is 18.2 Å². The topological polar surface area (TPSA) is 108 Å². The van der Waals surface area contributed by atoms with Crippen molar-refractivity contribution in [1.82, 2.24) is 25.1 Å². The van der Waals surface area contributed by atoms with E-state index >= 15 is 0 Å². The Morgan fingerprint density at radius 3 is 2.76 bits per heavy atom. The monoisotopic (exact) mass is 520 g/mol. The standard InChI is InChI=1S/C27H30F2N8O/c1-19-9-13-36(22-17-21(33-34-26(22)30)20-5-2-3-6-23(20)38)15-16-37(19)25-8-11-31-24(32-25)7-4-12-35-14-10-27(28,29)18-35/h2-3,5-6,8,11,17,19,38H,9-10,12-16,18H2,1H3,(H2,30,34)/t19-/m1/s1. The Labute approximate surface area is 220 Å². The summed E-state index contributed by atoms with van der Waals surface area (Å²) < 4.78 is 26.8. The predicted molar refractivity (Wildman–Crippen MR) is 142 cm³/mol. The number of nitrogens with zero attached hydrogens (tertiary/aromatic N) is 7. The second kappa shape index (κ2) is 10.8. The maximum absolute atomic E-state index is 13.4. The number of aromatic hydroxyl groups is 1. The smallest absolute Gasteiger partial charge is 0.261 e. The van der Waals surface area contributed by atoms with E-state index in [0.717, 1.165) is 24.5 Å². The van der Waals surface area contributed by atoms with Crippen molar-refractivity contribution in [2.75, 3.05) is 54.8 Å². The van der Waals surface area contributed by atoms with Crippen LogP contribution in [0.3, 0.4) is 0 Å². The van der Waals surface area contributed by atoms with Crippen molar-refractivity contribution in [3.05, 3.63) is 48.4 Å². The molecule has 9 nitrogen and oxygen atoms in total. The number of phenolic OH excluding ortho intramolecular Hbond substituents is 1. The minimum Gasteiger partial charge on any atom is -0.507 e. The van der Waals surface area contributed by atoms with E-state index in [9.17, 15) is 13.9 Å². The highest BCUT2D eigenvalue weighted by Crippen LogP contribution is 2.32. The molecule has 0 bridgehead atoms. The fourth-order valence-corrected chi connectivity index (χ4v) is 4.85. The molecular weight excluding hydrogens is 490 g/mol. The van der Waals surface area contributed by atoms with Gasteiger partial charge in [-0.25, -0.2) is 18.7 Å². The summed E-state index contributed by atoms with van der Waals surface area (Å²) in [5.74, 6) is 4.85. The SMILES string of the molecule is C[C@@H]1CCN(c2cc(-c3ccccc3O)nnc2N)CCN1c1ccnc(C#CCN2CCC(F)(F)C2)n1. The lowest BCUT2D eigenvalue weighted by Gasteiger charge is -2.28. The van der Waals surface area contributed by atoms with E-state index in [-0.39, 0.29) is 31.3 Å². The van der Waals surface area contributed by atoms with Crippen molar-refractivity contribution in [2.45, 2.75) is 31.7 Å². The van der Waals surface area contributed by atoms with Gasteiger partial charge in [0.05, 0.1) is 24.5 Å². The van der Waals surface area contributed by atoms with Crippen LogP contribution in [0.4, 0.5) is 26.1 Å². The largest absolute Gasteiger partial charge is 0.507 e. The highest BCUT2D eigenvalue weighted by molar-refractivity contribution is 5.74. The third kappa shape index (κ3) is 5.75. The van der Waals surface area contributed by atoms with Crippen molar-refractivity contribution in [3.63, 3.8) is 0 Å². The molecule has 38 heavy (non-hydrogen) atoms. The van der Waals surface area contributed by atoms with Gasteiger partial charge in [0.25, 0.3) is 5.92 Å². The first kappa shape index (κ1) is 25.6. The van der Waals surface area contributed by atoms with Gasteiger partial charge in [-0.3, -0.25) is 4.90 Å². The molecule has 2 saturated heterocycles. The number of benzene rings is 1. The first-order chi connectivity index (χ1) is 18.3. The number of nitrogen functional groups attached to an aromatic ring is 1. The molecule has 4 heterocycles. The molecule has 0 spiro atoms. The summed E-state index contributed by atoms with van der Waals surface area (Å²) in [6.07, 6.45) is 2.40. The Kier molecular flexibility index (Phi) is 7.24. The predicted octanol–water partition coefficient (Wildman–Crippen LogP) is 3.02. The molecule has 0 saturated carbocycles. The molecule has 3 N–H and O–H groups in total. The zero-order chi connectivity index (χ0) is 26.7. The van der Waals surface area contributed by atoms with E-state index < -0.39 is 5.92 Å². The second-order valence-electron chi connectivity index (χ2n) is 9.69. The number of nitrogens with two attached hydrogens (primary N) is 1. The quantitative estimate of drug-likeness (QED) is 0.502. The second-order valence-corrected chi connectivity index (χ2v) is 9.69. The minimum absolute atomic E-state index is 0.123. The fraction of sp³-hybridized carbons (Fsp3) is 0.407. The number of halogens is 2. The van der Waals surface area contributed by atoms with Crippen LogP contribution in [0.5, 0.6) is 5.75 Å². The summed E-state index contributed by atoms with van der Waals surface area (Å²) in [5.41, 5.74) is 8.14. The van der Waals surface area contributed by atoms with E-state index in [2.05, 4.69) is 48.7 Å². The van der Waals surface area contributed by atoms with Crippen LogP contribution in [0.15, 0.2) is 42.6 Å². The van der Waals surface area contributed by atoms with Gasteiger partial charge < -0.3 is 20.6 Å². The van der Waals surface area contributed by atoms with Crippen molar-refractivity contribution >= 4 is 17.3 Å². The van der Waals surface area contributed by atoms with Crippen LogP contribution in [-0.4, -0.2) is 81.4 Å². The number of anilines is 3. The summed E-state index contributed by atoms with van der Waals surface area (Å²) in [7, 11) is 0. The zero-order valence-electron chi connectivity index (χ0n) is 21.2. The average molecular weight is 521 g/mol. The Hall–Kier alpha value is -4.04. The van der Waals surface area contributed by atoms with Crippen molar-refractivity contribution < 1.29 is 13.9 Å². The van der Waals surface area contributed by atoms with Crippen molar-refractivity contribution in [2.24, 2.45) is 0 Å². The van der Waals surface area contributed by atoms with E-state index in [1.54, 1.807) is 29.3 Å². The molecule has 3 aromatic rings. The highest BCUT2D eigenvalue weighted by Gasteiger charge is 2.37. The van der Waals surface area contributed by atoms with Gasteiger partial charge in [-0.15, -0.1) is 10.2 Å². The third-order valence-corrected chi connectivity index (χ3v) is 6.97. The molecule has 2 aliphatic heterocycles. The van der Waals surface area contributed by atoms with Crippen LogP contribution in [0.25, 0.3) is 11.3 Å². The van der Waals surface area contributed by atoms with Gasteiger partial charge in [0.1, 0.15) is 11.6 Å². The van der Waals surface area contributed by atoms with E-state index in [4.69, 9.17) is 5.73 Å². The zero-order valence-corrected chi connectivity index (χ0v) is 21.2. The van der Waals surface area contributed by atoms with Crippen LogP contribution in [0, 0.1) is 11.8 Å². The average Bonchev–Trinajstić information content (AvgIpc) is 3.13. The lowest BCUT2D eigenvalue weighted by atomic mass is 10.1. The maximum atomic E-state index is 13.4. The number of likely N-dealkylation sites (tertiary alicyclic amines) is 1. The van der Waals surface area contributed by atoms with Gasteiger partial charge in [-0.1, -0.05) is 18.1 Å². The molecular formula is C27H30F2N8O. The van der Waals surface area contributed by atoms with Crippen LogP contribution in [0.1, 0.15) is 25.6 Å². The number of rotatable bonds is 4. The van der Waals surface area contributed by atoms with Crippen LogP contribution >= 0.6 is 0 Å². The van der Waals surface area contributed by atoms with Crippen LogP contribution < -0.4 is 15.5 Å². The Balaban J connectivity index is 1.29. The summed E-state index contributed by atoms with van der Waals surface area (Å²) in [6.45, 7) is 4.61. The molecule has 1 aromatic carbocycles. The highest BCUT2D eigenvalue weighted by atomic mass is 19.3. The Morgan fingerprint density at radius 2 is 1.97 bits per heavy atom. The molecule has 198 valence electrons. The fourth-order valence-electron chi connectivity index (χ4n) is 4.85. The lowest BCUT2D eigenvalue weighted by Crippen LogP contribution is -2.35. The summed E-state index contributed by atoms with van der Waals surface area (Å²) in [4.78, 5) is 14.9. The van der Waals surface area contributed by atoms with E-state index in [1.165, 1.54) is 0 Å². The van der Waals surface area contributed by atoms with Crippen molar-refractivity contribution in [1.29, 1.82) is 0 Å². The molecule has 2 fully saturated rings. The number of para-hydroxylation sites is 1. The molecule has 0 unspecified atom stereocenters. The molecule has 2 aromatic heterocycles. The molecule has 11 heteroatoms. The van der Waals surface area contributed by atoms with Crippen LogP contribution in [-0.2, 0) is 0 Å². The number of hydrogen-bond acceptors (Lipinski definition) is 9. The van der Waals surface area contributed by atoms with Gasteiger partial charge in [-0.2, -0.15) is 0 Å². The number of hydrogen-bond donors (Lipinski definition) is 2. The Morgan fingerprint density at radius 1 is 1.13 bits per heavy atom. The first-order valence-corrected chi connectivity index (χ1v) is 12.6. The number of alkyl halides is 2. The molecule has 2 aliphatic rings. The summed E-state index contributed by atoms with van der Waals surface area (Å²) in [6, 6.07) is 10.9. The minimum atomic E-state index is -2.63. The van der Waals surface area contributed by atoms with Gasteiger partial charge >= 0.3 is 0 Å². The third-order valence-electron chi connectivity index (χ3n) is 6.97. The lowest BCUT2D eigenvalue weighted by molar-refractivity contribution is 0.0135. The van der Waals surface area contributed by atoms with Crippen LogP contribution in [0.2, 0.25) is 0 Å². The van der Waals surface area contributed by atoms with Gasteiger partial charge in [0.15, 0.2) is 5.82 Å². The normalized spacial score (nSPS) is 19.6. The Bertz CT molecular complexity index is 1360. The van der Waals surface area contributed by atoms with Gasteiger partial charge in [0.2, 0.25) is 5.82 Å². The summed E-state index contributed by atoms with van der Waals surface area (Å²) >= 11 is 0. The van der Waals surface area contributed by atoms with Crippen molar-refractivity contribution in [3.8, 4) is 28.8 Å². The maximum Gasteiger partial charge on any atom is 0.261 e. The molecule has 5 rings (SSSR count). The summed E-state index contributed by atoms with van der Waals surface area (Å²) in [5, 5.41) is 18.6. The number of phenols is 1. The first-order valence-electron chi connectivity index (χ1n) is 12.6. The van der Waals surface area contributed by atoms with Gasteiger partial charge in [0, 0.05) is 50.4 Å². The van der Waals surface area contributed by atoms with E-state index in [0.29, 0.717) is 42.5 Å². The molecule has 0 aliphatic carbocycles. The number of aromatic nitrogens is 4. The molecule has 1 atom stereocenters. The molecule has 0 amide bonds. The van der Waals surface area contributed by atoms with Gasteiger partial charge in [-0.05, 0) is 43.5 Å².